The lowest BCUT2D eigenvalue weighted by molar-refractivity contribution is -0.130. The highest BCUT2D eigenvalue weighted by Gasteiger charge is 2.27. The van der Waals surface area contributed by atoms with Crippen LogP contribution in [0.2, 0.25) is 0 Å². The molecule has 0 saturated carbocycles. The fourth-order valence-electron chi connectivity index (χ4n) is 3.42. The summed E-state index contributed by atoms with van der Waals surface area (Å²) in [6.45, 7) is 2.49. The van der Waals surface area contributed by atoms with Gasteiger partial charge in [0.2, 0.25) is 11.8 Å². The molecule has 0 bridgehead atoms. The van der Waals surface area contributed by atoms with Gasteiger partial charge in [0.05, 0.1) is 11.9 Å². The molecule has 2 heterocycles. The molecule has 1 aliphatic heterocycles. The molecule has 1 aromatic heterocycles. The maximum absolute atomic E-state index is 12.6. The third-order valence-corrected chi connectivity index (χ3v) is 5.05. The van der Waals surface area contributed by atoms with E-state index in [1.807, 2.05) is 48.5 Å². The zero-order valence-electron chi connectivity index (χ0n) is 18.2. The van der Waals surface area contributed by atoms with Gasteiger partial charge in [-0.05, 0) is 5.56 Å². The number of hydrogen-bond acceptors (Lipinski definition) is 4. The van der Waals surface area contributed by atoms with Gasteiger partial charge in [0, 0.05) is 59.9 Å². The Bertz CT molecular complexity index is 900. The van der Waals surface area contributed by atoms with Crippen LogP contribution in [0.4, 0.5) is 5.69 Å². The summed E-state index contributed by atoms with van der Waals surface area (Å²) < 4.78 is 1.68. The van der Waals surface area contributed by atoms with Crippen LogP contribution >= 0.6 is 24.0 Å². The van der Waals surface area contributed by atoms with Crippen LogP contribution in [-0.2, 0) is 23.2 Å². The number of carbonyl (C=O) groups excluding carboxylic acids is 2. The maximum Gasteiger partial charge on any atom is 0.246 e. The number of nitrogens with zero attached hydrogens (tertiary/aromatic N) is 6. The Labute approximate surface area is 200 Å². The predicted octanol–water partition coefficient (Wildman–Crippen LogP) is 1.31. The van der Waals surface area contributed by atoms with Gasteiger partial charge in [-0.25, -0.2) is 0 Å². The van der Waals surface area contributed by atoms with Crippen LogP contribution in [-0.4, -0.2) is 77.6 Å². The summed E-state index contributed by atoms with van der Waals surface area (Å²) in [4.78, 5) is 34.6. The van der Waals surface area contributed by atoms with Gasteiger partial charge < -0.3 is 20.0 Å². The monoisotopic (exact) mass is 539 g/mol. The smallest absolute Gasteiger partial charge is 0.246 e. The molecule has 168 valence electrons. The lowest BCUT2D eigenvalue weighted by Crippen LogP contribution is -2.55. The first-order valence-corrected chi connectivity index (χ1v) is 10.0. The summed E-state index contributed by atoms with van der Waals surface area (Å²) in [5.41, 5.74) is 1.90. The Balaban J connectivity index is 0.00000341. The fourth-order valence-corrected chi connectivity index (χ4v) is 3.42. The number of rotatable bonds is 6. The number of anilines is 1. The van der Waals surface area contributed by atoms with Crippen molar-refractivity contribution in [2.24, 2.45) is 12.0 Å². The van der Waals surface area contributed by atoms with E-state index in [0.717, 1.165) is 11.3 Å². The van der Waals surface area contributed by atoms with Crippen LogP contribution in [0.25, 0.3) is 0 Å². The van der Waals surface area contributed by atoms with E-state index in [9.17, 15) is 9.59 Å². The SMILES string of the molecule is CN=C(NCCC(=O)N(C)Cc1ccccc1)N1CCN(c2cnn(C)c2)C(=O)C1.I. The highest BCUT2D eigenvalue weighted by Crippen LogP contribution is 2.16. The molecule has 0 aliphatic carbocycles. The minimum atomic E-state index is -0.00382. The molecular formula is C21H30IN7O2. The molecule has 0 atom stereocenters. The van der Waals surface area contributed by atoms with Crippen molar-refractivity contribution < 1.29 is 9.59 Å². The molecule has 1 N–H and O–H groups in total. The number of nitrogens with one attached hydrogen (secondary N) is 1. The predicted molar refractivity (Wildman–Crippen MR) is 131 cm³/mol. The summed E-state index contributed by atoms with van der Waals surface area (Å²) in [6.07, 6.45) is 3.88. The molecule has 2 aromatic rings. The topological polar surface area (TPSA) is 86.1 Å². The zero-order chi connectivity index (χ0) is 21.5. The van der Waals surface area contributed by atoms with Crippen molar-refractivity contribution in [3.05, 3.63) is 48.3 Å². The quantitative estimate of drug-likeness (QED) is 0.340. The highest BCUT2D eigenvalue weighted by atomic mass is 127. The first kappa shape index (κ1) is 24.6. The van der Waals surface area contributed by atoms with Crippen molar-refractivity contribution in [1.29, 1.82) is 0 Å². The number of carbonyl (C=O) groups is 2. The van der Waals surface area contributed by atoms with E-state index < -0.39 is 0 Å². The van der Waals surface area contributed by atoms with E-state index in [4.69, 9.17) is 0 Å². The van der Waals surface area contributed by atoms with E-state index in [-0.39, 0.29) is 42.3 Å². The Hall–Kier alpha value is -2.63. The molecule has 0 spiro atoms. The van der Waals surface area contributed by atoms with Gasteiger partial charge in [-0.15, -0.1) is 24.0 Å². The molecular weight excluding hydrogens is 509 g/mol. The number of aromatic nitrogens is 2. The van der Waals surface area contributed by atoms with Crippen molar-refractivity contribution in [3.8, 4) is 0 Å². The second kappa shape index (κ2) is 11.7. The van der Waals surface area contributed by atoms with Crippen LogP contribution in [0.1, 0.15) is 12.0 Å². The maximum atomic E-state index is 12.6. The van der Waals surface area contributed by atoms with Crippen molar-refractivity contribution in [1.82, 2.24) is 24.9 Å². The Kier molecular flexibility index (Phi) is 9.28. The Morgan fingerprint density at radius 3 is 2.61 bits per heavy atom. The van der Waals surface area contributed by atoms with E-state index in [2.05, 4.69) is 15.4 Å². The number of aliphatic imine (C=N–C) groups is 1. The number of piperazine rings is 1. The van der Waals surface area contributed by atoms with Gasteiger partial charge in [0.1, 0.15) is 6.54 Å². The summed E-state index contributed by atoms with van der Waals surface area (Å²) in [5.74, 6) is 0.683. The van der Waals surface area contributed by atoms with Crippen LogP contribution in [0.15, 0.2) is 47.7 Å². The first-order chi connectivity index (χ1) is 14.5. The molecule has 31 heavy (non-hydrogen) atoms. The minimum Gasteiger partial charge on any atom is -0.356 e. The van der Waals surface area contributed by atoms with Gasteiger partial charge in [0.15, 0.2) is 5.96 Å². The second-order valence-electron chi connectivity index (χ2n) is 7.30. The summed E-state index contributed by atoms with van der Waals surface area (Å²) >= 11 is 0. The van der Waals surface area contributed by atoms with Crippen molar-refractivity contribution in [3.63, 3.8) is 0 Å². The van der Waals surface area contributed by atoms with Crippen LogP contribution in [0.5, 0.6) is 0 Å². The van der Waals surface area contributed by atoms with E-state index in [1.54, 1.807) is 34.8 Å². The zero-order valence-corrected chi connectivity index (χ0v) is 20.5. The van der Waals surface area contributed by atoms with E-state index in [1.165, 1.54) is 0 Å². The number of aryl methyl sites for hydroxylation is 1. The summed E-state index contributed by atoms with van der Waals surface area (Å²) in [7, 11) is 5.32. The molecule has 1 fully saturated rings. The van der Waals surface area contributed by atoms with Gasteiger partial charge in [0.25, 0.3) is 0 Å². The van der Waals surface area contributed by atoms with Gasteiger partial charge >= 0.3 is 0 Å². The average molecular weight is 539 g/mol. The molecule has 3 rings (SSSR count). The third-order valence-electron chi connectivity index (χ3n) is 5.05. The lowest BCUT2D eigenvalue weighted by Gasteiger charge is -2.35. The number of amides is 2. The minimum absolute atomic E-state index is 0. The van der Waals surface area contributed by atoms with Crippen LogP contribution in [0.3, 0.4) is 0 Å². The number of hydrogen-bond donors (Lipinski definition) is 1. The number of halogens is 1. The van der Waals surface area contributed by atoms with Crippen molar-refractivity contribution in [2.75, 3.05) is 45.2 Å². The standard InChI is InChI=1S/C21H29N7O2.HI/c1-22-21(23-10-9-19(29)25(2)14-17-7-5-4-6-8-17)27-11-12-28(20(30)16-27)18-13-24-26(3)15-18;/h4-8,13,15H,9-12,14,16H2,1-3H3,(H,22,23);1H. The highest BCUT2D eigenvalue weighted by molar-refractivity contribution is 14.0. The third kappa shape index (κ3) is 6.68. The largest absolute Gasteiger partial charge is 0.356 e. The number of guanidine groups is 1. The van der Waals surface area contributed by atoms with Crippen molar-refractivity contribution >= 4 is 47.4 Å². The molecule has 10 heteroatoms. The Morgan fingerprint density at radius 1 is 1.26 bits per heavy atom. The normalized spacial score (nSPS) is 14.3. The van der Waals surface area contributed by atoms with Crippen molar-refractivity contribution in [2.45, 2.75) is 13.0 Å². The first-order valence-electron chi connectivity index (χ1n) is 10.0. The summed E-state index contributed by atoms with van der Waals surface area (Å²) in [5, 5.41) is 7.34. The molecule has 2 amide bonds. The fraction of sp³-hybridized carbons (Fsp3) is 0.429. The van der Waals surface area contributed by atoms with Gasteiger partial charge in [-0.3, -0.25) is 19.3 Å². The number of benzene rings is 1. The Morgan fingerprint density at radius 2 is 2.00 bits per heavy atom. The van der Waals surface area contributed by atoms with Gasteiger partial charge in [-0.2, -0.15) is 5.10 Å². The van der Waals surface area contributed by atoms with Gasteiger partial charge in [-0.1, -0.05) is 30.3 Å². The molecule has 1 aromatic carbocycles. The molecule has 1 aliphatic rings. The summed E-state index contributed by atoms with van der Waals surface area (Å²) in [6, 6.07) is 9.91. The van der Waals surface area contributed by atoms with Crippen LogP contribution < -0.4 is 10.2 Å². The lowest BCUT2D eigenvalue weighted by atomic mass is 10.2. The average Bonchev–Trinajstić information content (AvgIpc) is 3.17. The van der Waals surface area contributed by atoms with Crippen LogP contribution in [0, 0.1) is 0 Å². The molecule has 0 radical (unpaired) electrons. The molecule has 0 unspecified atom stereocenters. The van der Waals surface area contributed by atoms with E-state index >= 15 is 0 Å². The molecule has 1 saturated heterocycles. The van der Waals surface area contributed by atoms with E-state index in [0.29, 0.717) is 38.6 Å². The second-order valence-corrected chi connectivity index (χ2v) is 7.30. The molecule has 9 nitrogen and oxygen atoms in total.